The third kappa shape index (κ3) is 3.82. The molecule has 2 heteroatoms. The lowest BCUT2D eigenvalue weighted by Crippen LogP contribution is -2.36. The maximum absolute atomic E-state index is 6.34. The van der Waals surface area contributed by atoms with E-state index in [0.717, 1.165) is 12.5 Å². The summed E-state index contributed by atoms with van der Waals surface area (Å²) < 4.78 is 5.60. The van der Waals surface area contributed by atoms with E-state index < -0.39 is 0 Å². The molecule has 0 radical (unpaired) electrons. The normalized spacial score (nSPS) is 31.3. The Kier molecular flexibility index (Phi) is 5.05. The molecule has 1 saturated carbocycles. The Bertz CT molecular complexity index is 256. The van der Waals surface area contributed by atoms with Gasteiger partial charge in [-0.1, -0.05) is 18.1 Å². The van der Waals surface area contributed by atoms with Crippen molar-refractivity contribution in [2.45, 2.75) is 70.4 Å². The number of hydrogen-bond donors (Lipinski definition) is 1. The van der Waals surface area contributed by atoms with Crippen molar-refractivity contribution in [1.82, 2.24) is 0 Å². The molecule has 2 nitrogen and oxygen atoms in total. The van der Waals surface area contributed by atoms with Crippen LogP contribution in [0.3, 0.4) is 0 Å². The predicted molar refractivity (Wildman–Crippen MR) is 71.9 cm³/mol. The molecule has 0 aliphatic heterocycles. The molecule has 0 aromatic carbocycles. The summed E-state index contributed by atoms with van der Waals surface area (Å²) in [4.78, 5) is 0. The lowest BCUT2D eigenvalue weighted by molar-refractivity contribution is -0.0274. The predicted octanol–water partition coefficient (Wildman–Crippen LogP) is 3.41. The Morgan fingerprint density at radius 3 is 2.94 bits per heavy atom. The van der Waals surface area contributed by atoms with Crippen LogP contribution in [0.2, 0.25) is 0 Å². The molecule has 98 valence electrons. The van der Waals surface area contributed by atoms with Crippen molar-refractivity contribution in [3.8, 4) is 0 Å². The molecule has 0 spiro atoms. The first-order valence-electron chi connectivity index (χ1n) is 7.35. The Balaban J connectivity index is 1.70. The van der Waals surface area contributed by atoms with Crippen LogP contribution in [0.25, 0.3) is 0 Å². The maximum atomic E-state index is 6.34. The zero-order chi connectivity index (χ0) is 12.1. The molecule has 0 aromatic heterocycles. The Hall–Kier alpha value is -0.340. The summed E-state index contributed by atoms with van der Waals surface area (Å²) in [6, 6.07) is 0.320. The highest BCUT2D eigenvalue weighted by atomic mass is 16.5. The minimum atomic E-state index is 0.320. The average molecular weight is 237 g/mol. The zero-order valence-electron chi connectivity index (χ0n) is 11.2. The molecular weight excluding hydrogens is 210 g/mol. The van der Waals surface area contributed by atoms with E-state index in [2.05, 4.69) is 13.0 Å². The molecule has 0 amide bonds. The molecule has 1 fully saturated rings. The highest BCUT2D eigenvalue weighted by Gasteiger charge is 2.31. The van der Waals surface area contributed by atoms with Crippen molar-refractivity contribution >= 4 is 0 Å². The van der Waals surface area contributed by atoms with Crippen LogP contribution in [0.5, 0.6) is 0 Å². The van der Waals surface area contributed by atoms with Gasteiger partial charge >= 0.3 is 0 Å². The van der Waals surface area contributed by atoms with Crippen LogP contribution in [-0.4, -0.2) is 18.8 Å². The molecule has 0 heterocycles. The van der Waals surface area contributed by atoms with Crippen LogP contribution in [0.4, 0.5) is 0 Å². The number of nitrogens with two attached hydrogens (primary N) is 1. The largest absolute Gasteiger partial charge is 0.378 e. The fraction of sp³-hybridized carbons (Fsp3) is 0.867. The fourth-order valence-electron chi connectivity index (χ4n) is 3.13. The van der Waals surface area contributed by atoms with Crippen LogP contribution >= 0.6 is 0 Å². The summed E-state index contributed by atoms with van der Waals surface area (Å²) in [5.74, 6) is 0.811. The maximum Gasteiger partial charge on any atom is 0.0580 e. The molecule has 0 saturated heterocycles. The van der Waals surface area contributed by atoms with E-state index in [9.17, 15) is 0 Å². The first kappa shape index (κ1) is 13.1. The summed E-state index contributed by atoms with van der Waals surface area (Å²) in [7, 11) is 0. The van der Waals surface area contributed by atoms with E-state index in [1.54, 1.807) is 0 Å². The fourth-order valence-corrected chi connectivity index (χ4v) is 3.13. The lowest BCUT2D eigenvalue weighted by Gasteiger charge is -2.36. The third-order valence-electron chi connectivity index (χ3n) is 4.23. The Morgan fingerprint density at radius 1 is 1.35 bits per heavy atom. The summed E-state index contributed by atoms with van der Waals surface area (Å²) in [6.07, 6.45) is 13.1. The van der Waals surface area contributed by atoms with Gasteiger partial charge in [0.15, 0.2) is 0 Å². The van der Waals surface area contributed by atoms with Crippen molar-refractivity contribution in [3.63, 3.8) is 0 Å². The number of rotatable bonds is 5. The van der Waals surface area contributed by atoms with Crippen LogP contribution in [0.15, 0.2) is 11.6 Å². The second kappa shape index (κ2) is 6.55. The summed E-state index contributed by atoms with van der Waals surface area (Å²) in [6.45, 7) is 2.93. The van der Waals surface area contributed by atoms with Crippen molar-refractivity contribution in [2.75, 3.05) is 6.61 Å². The van der Waals surface area contributed by atoms with Gasteiger partial charge in [-0.3, -0.25) is 0 Å². The van der Waals surface area contributed by atoms with Crippen LogP contribution in [-0.2, 0) is 4.74 Å². The average Bonchev–Trinajstić information content (AvgIpc) is 2.54. The SMILES string of the molecule is CCOC1CC(CC(N)C2=CCCCCC2)C1. The monoisotopic (exact) mass is 237 g/mol. The van der Waals surface area contributed by atoms with Gasteiger partial charge in [0.1, 0.15) is 0 Å². The van der Waals surface area contributed by atoms with E-state index in [1.165, 1.54) is 56.9 Å². The molecule has 17 heavy (non-hydrogen) atoms. The van der Waals surface area contributed by atoms with E-state index in [0.29, 0.717) is 12.1 Å². The van der Waals surface area contributed by atoms with Gasteiger partial charge in [-0.25, -0.2) is 0 Å². The van der Waals surface area contributed by atoms with Crippen molar-refractivity contribution in [3.05, 3.63) is 11.6 Å². The second-order valence-corrected chi connectivity index (χ2v) is 5.64. The van der Waals surface area contributed by atoms with Crippen LogP contribution < -0.4 is 5.73 Å². The van der Waals surface area contributed by atoms with Crippen molar-refractivity contribution in [2.24, 2.45) is 11.7 Å². The number of ether oxygens (including phenoxy) is 1. The van der Waals surface area contributed by atoms with Gasteiger partial charge in [-0.15, -0.1) is 0 Å². The van der Waals surface area contributed by atoms with Gasteiger partial charge in [0.2, 0.25) is 0 Å². The van der Waals surface area contributed by atoms with Gasteiger partial charge in [0.25, 0.3) is 0 Å². The molecule has 2 aliphatic carbocycles. The van der Waals surface area contributed by atoms with E-state index in [1.807, 2.05) is 0 Å². The molecule has 2 rings (SSSR count). The first-order chi connectivity index (χ1) is 8.29. The summed E-state index contributed by atoms with van der Waals surface area (Å²) in [5.41, 5.74) is 7.87. The quantitative estimate of drug-likeness (QED) is 0.744. The highest BCUT2D eigenvalue weighted by molar-refractivity contribution is 5.12. The van der Waals surface area contributed by atoms with E-state index in [-0.39, 0.29) is 0 Å². The van der Waals surface area contributed by atoms with Crippen molar-refractivity contribution in [1.29, 1.82) is 0 Å². The minimum absolute atomic E-state index is 0.320. The van der Waals surface area contributed by atoms with E-state index in [4.69, 9.17) is 10.5 Å². The number of hydrogen-bond acceptors (Lipinski definition) is 2. The minimum Gasteiger partial charge on any atom is -0.378 e. The van der Waals surface area contributed by atoms with E-state index >= 15 is 0 Å². The van der Waals surface area contributed by atoms with Gasteiger partial charge < -0.3 is 10.5 Å². The lowest BCUT2D eigenvalue weighted by atomic mass is 9.77. The second-order valence-electron chi connectivity index (χ2n) is 5.64. The highest BCUT2D eigenvalue weighted by Crippen LogP contribution is 2.35. The third-order valence-corrected chi connectivity index (χ3v) is 4.23. The molecule has 0 bridgehead atoms. The Labute approximate surface area is 106 Å². The smallest absolute Gasteiger partial charge is 0.0580 e. The molecule has 0 aromatic rings. The van der Waals surface area contributed by atoms with Gasteiger partial charge in [-0.05, 0) is 57.8 Å². The molecule has 1 atom stereocenters. The standard InChI is InChI=1S/C15H27NO/c1-2-17-14-9-12(10-14)11-15(16)13-7-5-3-4-6-8-13/h7,12,14-15H,2-6,8-11,16H2,1H3. The van der Waals surface area contributed by atoms with Gasteiger partial charge in [-0.2, -0.15) is 0 Å². The number of allylic oxidation sites excluding steroid dienone is 1. The first-order valence-corrected chi connectivity index (χ1v) is 7.35. The Morgan fingerprint density at radius 2 is 2.18 bits per heavy atom. The zero-order valence-corrected chi connectivity index (χ0v) is 11.2. The topological polar surface area (TPSA) is 35.2 Å². The van der Waals surface area contributed by atoms with Crippen LogP contribution in [0, 0.1) is 5.92 Å². The molecule has 1 unspecified atom stereocenters. The summed E-state index contributed by atoms with van der Waals surface area (Å²) >= 11 is 0. The summed E-state index contributed by atoms with van der Waals surface area (Å²) in [5, 5.41) is 0. The molecular formula is C15H27NO. The van der Waals surface area contributed by atoms with Gasteiger partial charge in [0, 0.05) is 12.6 Å². The van der Waals surface area contributed by atoms with Gasteiger partial charge in [0.05, 0.1) is 6.10 Å². The van der Waals surface area contributed by atoms with Crippen molar-refractivity contribution < 1.29 is 4.74 Å². The van der Waals surface area contributed by atoms with Crippen LogP contribution in [0.1, 0.15) is 58.3 Å². The molecule has 2 aliphatic rings. The molecule has 2 N–H and O–H groups in total.